The Balaban J connectivity index is 2.48. The molecular formula is C15H14FNOS2. The van der Waals surface area contributed by atoms with Crippen LogP contribution in [-0.2, 0) is 0 Å². The molecule has 2 N–H and O–H groups in total. The molecule has 0 aromatic heterocycles. The van der Waals surface area contributed by atoms with Gasteiger partial charge in [0.1, 0.15) is 10.7 Å². The summed E-state index contributed by atoms with van der Waals surface area (Å²) in [5.74, 6) is 0.216. The Morgan fingerprint density at radius 2 is 2.00 bits per heavy atom. The molecule has 0 heterocycles. The molecule has 0 spiro atoms. The average Bonchev–Trinajstić information content (AvgIpc) is 2.42. The topological polar surface area (TPSA) is 35.2 Å². The molecule has 0 radical (unpaired) electrons. The average molecular weight is 307 g/mol. The highest BCUT2D eigenvalue weighted by atomic mass is 32.2. The van der Waals surface area contributed by atoms with Crippen molar-refractivity contribution in [2.75, 3.05) is 6.26 Å². The Morgan fingerprint density at radius 3 is 2.65 bits per heavy atom. The summed E-state index contributed by atoms with van der Waals surface area (Å²) in [4.78, 5) is 1.14. The first-order valence-corrected chi connectivity index (χ1v) is 7.57. The van der Waals surface area contributed by atoms with E-state index < -0.39 is 5.82 Å². The lowest BCUT2D eigenvalue weighted by Crippen LogP contribution is -2.12. The second kappa shape index (κ2) is 6.24. The maximum Gasteiger partial charge on any atom is 0.165 e. The molecule has 0 fully saturated rings. The number of rotatable bonds is 4. The molecule has 0 bridgehead atoms. The zero-order valence-electron chi connectivity index (χ0n) is 11.1. The number of benzene rings is 2. The van der Waals surface area contributed by atoms with Gasteiger partial charge in [-0.3, -0.25) is 0 Å². The number of halogens is 1. The second-order valence-electron chi connectivity index (χ2n) is 4.23. The second-order valence-corrected chi connectivity index (χ2v) is 5.52. The molecule has 0 aliphatic heterocycles. The Labute approximate surface area is 127 Å². The number of thiocarbonyl (C=S) groups is 1. The molecule has 2 rings (SSSR count). The number of hydrogen-bond acceptors (Lipinski definition) is 3. The quantitative estimate of drug-likeness (QED) is 0.675. The van der Waals surface area contributed by atoms with Crippen LogP contribution in [0.25, 0.3) is 0 Å². The third kappa shape index (κ3) is 3.11. The van der Waals surface area contributed by atoms with Crippen LogP contribution in [0.5, 0.6) is 11.5 Å². The molecular weight excluding hydrogens is 293 g/mol. The van der Waals surface area contributed by atoms with E-state index in [1.54, 1.807) is 18.2 Å². The summed E-state index contributed by atoms with van der Waals surface area (Å²) < 4.78 is 19.4. The van der Waals surface area contributed by atoms with Gasteiger partial charge in [0.2, 0.25) is 0 Å². The summed E-state index contributed by atoms with van der Waals surface area (Å²) in [6, 6.07) is 10.2. The highest BCUT2D eigenvalue weighted by molar-refractivity contribution is 7.98. The van der Waals surface area contributed by atoms with Gasteiger partial charge in [-0.15, -0.1) is 11.8 Å². The van der Waals surface area contributed by atoms with Crippen molar-refractivity contribution in [2.24, 2.45) is 5.73 Å². The van der Waals surface area contributed by atoms with Gasteiger partial charge in [-0.05, 0) is 43.0 Å². The Bertz CT molecular complexity index is 658. The summed E-state index contributed by atoms with van der Waals surface area (Å²) in [5, 5.41) is 0. The summed E-state index contributed by atoms with van der Waals surface area (Å²) in [5.41, 5.74) is 7.31. The standard InChI is InChI=1S/C15H14FNOS2/c1-9-6-7-10(16)12(8-9)18-11-4-3-5-13(20-2)14(11)15(17)19/h3-8H,1-2H3,(H2,17,19). The van der Waals surface area contributed by atoms with Crippen LogP contribution in [0.4, 0.5) is 4.39 Å². The fourth-order valence-electron chi connectivity index (χ4n) is 1.82. The molecule has 2 aromatic rings. The molecule has 0 unspecified atom stereocenters. The lowest BCUT2D eigenvalue weighted by molar-refractivity contribution is 0.440. The van der Waals surface area contributed by atoms with Gasteiger partial charge in [0, 0.05) is 4.90 Å². The van der Waals surface area contributed by atoms with E-state index in [0.717, 1.165) is 10.5 Å². The largest absolute Gasteiger partial charge is 0.453 e. The van der Waals surface area contributed by atoms with Crippen molar-refractivity contribution in [2.45, 2.75) is 11.8 Å². The van der Waals surface area contributed by atoms with Crippen molar-refractivity contribution in [1.29, 1.82) is 0 Å². The maximum absolute atomic E-state index is 13.8. The van der Waals surface area contributed by atoms with Crippen molar-refractivity contribution < 1.29 is 9.13 Å². The van der Waals surface area contributed by atoms with Gasteiger partial charge in [-0.1, -0.05) is 24.4 Å². The van der Waals surface area contributed by atoms with E-state index in [1.807, 2.05) is 25.3 Å². The smallest absolute Gasteiger partial charge is 0.165 e. The van der Waals surface area contributed by atoms with Crippen molar-refractivity contribution in [3.8, 4) is 11.5 Å². The summed E-state index contributed by atoms with van der Waals surface area (Å²) in [6.45, 7) is 1.87. The fraction of sp³-hybridized carbons (Fsp3) is 0.133. The highest BCUT2D eigenvalue weighted by Gasteiger charge is 2.14. The van der Waals surface area contributed by atoms with Gasteiger partial charge in [0.25, 0.3) is 0 Å². The molecule has 104 valence electrons. The third-order valence-electron chi connectivity index (χ3n) is 2.76. The van der Waals surface area contributed by atoms with Crippen LogP contribution in [0.15, 0.2) is 41.3 Å². The van der Waals surface area contributed by atoms with Crippen molar-refractivity contribution >= 4 is 29.0 Å². The Morgan fingerprint density at radius 1 is 1.25 bits per heavy atom. The lowest BCUT2D eigenvalue weighted by Gasteiger charge is -2.14. The predicted molar refractivity (Wildman–Crippen MR) is 85.3 cm³/mol. The van der Waals surface area contributed by atoms with Crippen LogP contribution >= 0.6 is 24.0 Å². The molecule has 0 saturated heterocycles. The van der Waals surface area contributed by atoms with Gasteiger partial charge in [0.15, 0.2) is 11.6 Å². The molecule has 0 aliphatic rings. The molecule has 5 heteroatoms. The molecule has 0 amide bonds. The van der Waals surface area contributed by atoms with E-state index in [4.69, 9.17) is 22.7 Å². The van der Waals surface area contributed by atoms with Crippen molar-refractivity contribution in [3.63, 3.8) is 0 Å². The highest BCUT2D eigenvalue weighted by Crippen LogP contribution is 2.33. The third-order valence-corrected chi connectivity index (χ3v) is 3.75. The van der Waals surface area contributed by atoms with E-state index in [2.05, 4.69) is 0 Å². The minimum Gasteiger partial charge on any atom is -0.453 e. The Hall–Kier alpha value is -1.59. The summed E-state index contributed by atoms with van der Waals surface area (Å²) in [6.07, 6.45) is 1.92. The van der Waals surface area contributed by atoms with Gasteiger partial charge < -0.3 is 10.5 Å². The monoisotopic (exact) mass is 307 g/mol. The molecule has 0 aliphatic carbocycles. The normalized spacial score (nSPS) is 10.3. The van der Waals surface area contributed by atoms with Gasteiger partial charge in [0.05, 0.1) is 5.56 Å². The summed E-state index contributed by atoms with van der Waals surface area (Å²) >= 11 is 6.58. The Kier molecular flexibility index (Phi) is 4.62. The zero-order chi connectivity index (χ0) is 14.7. The van der Waals surface area contributed by atoms with Crippen molar-refractivity contribution in [1.82, 2.24) is 0 Å². The number of nitrogens with two attached hydrogens (primary N) is 1. The van der Waals surface area contributed by atoms with Crippen LogP contribution in [0.3, 0.4) is 0 Å². The molecule has 20 heavy (non-hydrogen) atoms. The predicted octanol–water partition coefficient (Wildman–Crippen LogP) is 4.28. The van der Waals surface area contributed by atoms with Crippen LogP contribution in [0.2, 0.25) is 0 Å². The van der Waals surface area contributed by atoms with Gasteiger partial charge in [-0.25, -0.2) is 4.39 Å². The zero-order valence-corrected chi connectivity index (χ0v) is 12.8. The minimum absolute atomic E-state index is 0.167. The molecule has 0 saturated carbocycles. The SMILES string of the molecule is CSc1cccc(Oc2cc(C)ccc2F)c1C(N)=S. The van der Waals surface area contributed by atoms with E-state index in [-0.39, 0.29) is 10.7 Å². The first-order chi connectivity index (χ1) is 9.52. The van der Waals surface area contributed by atoms with Crippen LogP contribution in [0, 0.1) is 12.7 Å². The van der Waals surface area contributed by atoms with Crippen molar-refractivity contribution in [3.05, 3.63) is 53.3 Å². The van der Waals surface area contributed by atoms with Crippen LogP contribution in [0.1, 0.15) is 11.1 Å². The first-order valence-electron chi connectivity index (χ1n) is 5.93. The fourth-order valence-corrected chi connectivity index (χ4v) is 2.72. The molecule has 2 nitrogen and oxygen atoms in total. The number of ether oxygens (including phenoxy) is 1. The minimum atomic E-state index is -0.418. The molecule has 0 atom stereocenters. The number of hydrogen-bond donors (Lipinski definition) is 1. The van der Waals surface area contributed by atoms with Gasteiger partial charge in [-0.2, -0.15) is 0 Å². The van der Waals surface area contributed by atoms with E-state index in [9.17, 15) is 4.39 Å². The van der Waals surface area contributed by atoms with Gasteiger partial charge >= 0.3 is 0 Å². The van der Waals surface area contributed by atoms with E-state index in [0.29, 0.717) is 11.3 Å². The maximum atomic E-state index is 13.8. The van der Waals surface area contributed by atoms with Crippen LogP contribution in [-0.4, -0.2) is 11.2 Å². The van der Waals surface area contributed by atoms with E-state index in [1.165, 1.54) is 17.8 Å². The number of aryl methyl sites for hydroxylation is 1. The summed E-state index contributed by atoms with van der Waals surface area (Å²) in [7, 11) is 0. The lowest BCUT2D eigenvalue weighted by atomic mass is 10.2. The van der Waals surface area contributed by atoms with Crippen LogP contribution < -0.4 is 10.5 Å². The number of thioether (sulfide) groups is 1. The first kappa shape index (κ1) is 14.8. The molecule has 2 aromatic carbocycles. The van der Waals surface area contributed by atoms with E-state index >= 15 is 0 Å².